The molecule has 1 aliphatic rings. The van der Waals surface area contributed by atoms with Crippen molar-refractivity contribution in [3.8, 4) is 0 Å². The van der Waals surface area contributed by atoms with E-state index in [0.29, 0.717) is 5.69 Å². The summed E-state index contributed by atoms with van der Waals surface area (Å²) in [4.78, 5) is 21.4. The second kappa shape index (κ2) is 8.89. The number of piperidine rings is 1. The number of hydrogen-bond donors (Lipinski definition) is 1. The highest BCUT2D eigenvalue weighted by Gasteiger charge is 2.16. The second-order valence-corrected chi connectivity index (χ2v) is 7.24. The molecule has 1 saturated heterocycles. The Labute approximate surface area is 162 Å². The molecule has 1 aliphatic heterocycles. The molecule has 0 bridgehead atoms. The van der Waals surface area contributed by atoms with Crippen LogP contribution in [-0.2, 0) is 0 Å². The van der Waals surface area contributed by atoms with Crippen molar-refractivity contribution in [3.63, 3.8) is 0 Å². The molecule has 0 atom stereocenters. The van der Waals surface area contributed by atoms with Gasteiger partial charge in [-0.3, -0.25) is 9.78 Å². The van der Waals surface area contributed by atoms with Gasteiger partial charge in [0.25, 0.3) is 5.91 Å². The van der Waals surface area contributed by atoms with Crippen LogP contribution in [0.5, 0.6) is 0 Å². The number of hydrogen-bond acceptors (Lipinski definition) is 4. The summed E-state index contributed by atoms with van der Waals surface area (Å²) in [5.41, 5.74) is 3.48. The fraction of sp³-hybridized carbons (Fsp3) is 0.455. The van der Waals surface area contributed by atoms with E-state index in [9.17, 15) is 4.79 Å². The Balaban J connectivity index is 1.65. The maximum atomic E-state index is 12.6. The van der Waals surface area contributed by atoms with Crippen molar-refractivity contribution in [1.82, 2.24) is 4.98 Å². The molecule has 27 heavy (non-hydrogen) atoms. The Morgan fingerprint density at radius 3 is 2.44 bits per heavy atom. The molecule has 1 amide bonds. The number of nitrogens with zero attached hydrogens (tertiary/aromatic N) is 3. The van der Waals surface area contributed by atoms with Crippen molar-refractivity contribution in [2.45, 2.75) is 33.6 Å². The molecule has 1 N–H and O–H groups in total. The molecule has 3 rings (SSSR count). The average molecular weight is 367 g/mol. The van der Waals surface area contributed by atoms with Gasteiger partial charge in [-0.05, 0) is 69.0 Å². The van der Waals surface area contributed by atoms with Crippen molar-refractivity contribution in [3.05, 3.63) is 48.3 Å². The van der Waals surface area contributed by atoms with E-state index in [4.69, 9.17) is 0 Å². The van der Waals surface area contributed by atoms with Gasteiger partial charge < -0.3 is 15.1 Å². The number of nitrogens with one attached hydrogen (secondary N) is 1. The predicted octanol–water partition coefficient (Wildman–Crippen LogP) is 4.42. The average Bonchev–Trinajstić information content (AvgIpc) is 2.70. The van der Waals surface area contributed by atoms with Gasteiger partial charge in [0.15, 0.2) is 0 Å². The Morgan fingerprint density at radius 1 is 1.15 bits per heavy atom. The van der Waals surface area contributed by atoms with Crippen LogP contribution in [0.2, 0.25) is 0 Å². The molecule has 0 saturated carbocycles. The van der Waals surface area contributed by atoms with Crippen LogP contribution >= 0.6 is 0 Å². The Hall–Kier alpha value is -2.56. The molecular weight excluding hydrogens is 336 g/mol. The first kappa shape index (κ1) is 19.2. The smallest absolute Gasteiger partial charge is 0.274 e. The number of aromatic nitrogens is 1. The van der Waals surface area contributed by atoms with Crippen molar-refractivity contribution in [2.24, 2.45) is 5.92 Å². The van der Waals surface area contributed by atoms with Crippen LogP contribution < -0.4 is 15.1 Å². The van der Waals surface area contributed by atoms with E-state index < -0.39 is 0 Å². The van der Waals surface area contributed by atoms with Gasteiger partial charge in [-0.2, -0.15) is 0 Å². The summed E-state index contributed by atoms with van der Waals surface area (Å²) in [6.45, 7) is 10.5. The molecule has 0 spiro atoms. The molecular formula is C22H30N4O. The highest BCUT2D eigenvalue weighted by molar-refractivity contribution is 6.03. The number of pyridine rings is 1. The lowest BCUT2D eigenvalue weighted by Gasteiger charge is -2.32. The minimum absolute atomic E-state index is 0.177. The van der Waals surface area contributed by atoms with Crippen LogP contribution in [0.4, 0.5) is 17.1 Å². The molecule has 5 nitrogen and oxygen atoms in total. The second-order valence-electron chi connectivity index (χ2n) is 7.24. The summed E-state index contributed by atoms with van der Waals surface area (Å²) in [5, 5.41) is 2.96. The lowest BCUT2D eigenvalue weighted by atomic mass is 9.99. The van der Waals surface area contributed by atoms with E-state index in [1.54, 1.807) is 6.20 Å². The summed E-state index contributed by atoms with van der Waals surface area (Å²) in [6.07, 6.45) is 4.18. The van der Waals surface area contributed by atoms with Crippen molar-refractivity contribution in [2.75, 3.05) is 41.3 Å². The standard InChI is InChI=1S/C22H30N4O/c1-4-25(5-2)20-10-13-23-21(16-20)22(27)24-18-6-8-19(9-7-18)26-14-11-17(3)12-15-26/h6-10,13,16-17H,4-5,11-12,14-15H2,1-3H3,(H,24,27). The molecule has 1 fully saturated rings. The third-order valence-corrected chi connectivity index (χ3v) is 5.38. The first-order valence-electron chi connectivity index (χ1n) is 9.98. The van der Waals surface area contributed by atoms with Gasteiger partial charge >= 0.3 is 0 Å². The monoisotopic (exact) mass is 366 g/mol. The van der Waals surface area contributed by atoms with Gasteiger partial charge in [-0.15, -0.1) is 0 Å². The van der Waals surface area contributed by atoms with Crippen LogP contribution in [0.25, 0.3) is 0 Å². The summed E-state index contributed by atoms with van der Waals surface area (Å²) in [7, 11) is 0. The number of benzene rings is 1. The maximum Gasteiger partial charge on any atom is 0.274 e. The molecule has 0 radical (unpaired) electrons. The Kier molecular flexibility index (Phi) is 6.32. The number of carbonyl (C=O) groups excluding carboxylic acids is 1. The van der Waals surface area contributed by atoms with E-state index in [1.807, 2.05) is 24.3 Å². The molecule has 144 valence electrons. The molecule has 2 aromatic rings. The lowest BCUT2D eigenvalue weighted by molar-refractivity contribution is 0.102. The lowest BCUT2D eigenvalue weighted by Crippen LogP contribution is -2.32. The number of rotatable bonds is 6. The molecule has 1 aromatic carbocycles. The molecule has 0 aliphatic carbocycles. The van der Waals surface area contributed by atoms with Gasteiger partial charge in [0.2, 0.25) is 0 Å². The first-order valence-corrected chi connectivity index (χ1v) is 9.98. The fourth-order valence-corrected chi connectivity index (χ4v) is 3.55. The van der Waals surface area contributed by atoms with Gasteiger partial charge in [0.1, 0.15) is 5.69 Å². The fourth-order valence-electron chi connectivity index (χ4n) is 3.55. The van der Waals surface area contributed by atoms with Gasteiger partial charge in [-0.25, -0.2) is 0 Å². The molecule has 1 aromatic heterocycles. The van der Waals surface area contributed by atoms with Crippen molar-refractivity contribution >= 4 is 23.0 Å². The number of anilines is 3. The van der Waals surface area contributed by atoms with E-state index in [0.717, 1.165) is 43.5 Å². The minimum atomic E-state index is -0.177. The topological polar surface area (TPSA) is 48.5 Å². The van der Waals surface area contributed by atoms with E-state index in [-0.39, 0.29) is 5.91 Å². The summed E-state index contributed by atoms with van der Waals surface area (Å²) >= 11 is 0. The van der Waals surface area contributed by atoms with E-state index in [1.165, 1.54) is 18.5 Å². The number of amides is 1. The zero-order valence-corrected chi connectivity index (χ0v) is 16.6. The highest BCUT2D eigenvalue weighted by Crippen LogP contribution is 2.24. The van der Waals surface area contributed by atoms with Crippen molar-refractivity contribution in [1.29, 1.82) is 0 Å². The van der Waals surface area contributed by atoms with Gasteiger partial charge in [-0.1, -0.05) is 6.92 Å². The first-order chi connectivity index (χ1) is 13.1. The van der Waals surface area contributed by atoms with E-state index in [2.05, 4.69) is 53.0 Å². The normalized spacial score (nSPS) is 14.9. The van der Waals surface area contributed by atoms with Crippen LogP contribution in [-0.4, -0.2) is 37.1 Å². The molecule has 5 heteroatoms. The summed E-state index contributed by atoms with van der Waals surface area (Å²) in [6, 6.07) is 11.9. The van der Waals surface area contributed by atoms with Crippen LogP contribution in [0, 0.1) is 5.92 Å². The summed E-state index contributed by atoms with van der Waals surface area (Å²) in [5.74, 6) is 0.642. The Morgan fingerprint density at radius 2 is 1.81 bits per heavy atom. The Bertz CT molecular complexity index is 747. The zero-order chi connectivity index (χ0) is 19.2. The predicted molar refractivity (Wildman–Crippen MR) is 113 cm³/mol. The van der Waals surface area contributed by atoms with Crippen LogP contribution in [0.1, 0.15) is 44.1 Å². The minimum Gasteiger partial charge on any atom is -0.372 e. The SMILES string of the molecule is CCN(CC)c1ccnc(C(=O)Nc2ccc(N3CCC(C)CC3)cc2)c1. The number of carbonyl (C=O) groups is 1. The molecule has 2 heterocycles. The van der Waals surface area contributed by atoms with Crippen LogP contribution in [0.3, 0.4) is 0 Å². The zero-order valence-electron chi connectivity index (χ0n) is 16.6. The highest BCUT2D eigenvalue weighted by atomic mass is 16.1. The van der Waals surface area contributed by atoms with E-state index >= 15 is 0 Å². The van der Waals surface area contributed by atoms with Crippen molar-refractivity contribution < 1.29 is 4.79 Å². The molecule has 0 unspecified atom stereocenters. The third-order valence-electron chi connectivity index (χ3n) is 5.38. The van der Waals surface area contributed by atoms with Gasteiger partial charge in [0, 0.05) is 49.4 Å². The quantitative estimate of drug-likeness (QED) is 0.822. The maximum absolute atomic E-state index is 12.6. The van der Waals surface area contributed by atoms with Crippen LogP contribution in [0.15, 0.2) is 42.6 Å². The third kappa shape index (κ3) is 4.79. The summed E-state index contributed by atoms with van der Waals surface area (Å²) < 4.78 is 0. The largest absolute Gasteiger partial charge is 0.372 e. The van der Waals surface area contributed by atoms with Gasteiger partial charge in [0.05, 0.1) is 0 Å².